The number of para-hydroxylation sites is 2. The van der Waals surface area contributed by atoms with Gasteiger partial charge in [0.2, 0.25) is 0 Å². The molecule has 0 radical (unpaired) electrons. The zero-order chi connectivity index (χ0) is 21.3. The molecular formula is C29H43N. The van der Waals surface area contributed by atoms with Gasteiger partial charge >= 0.3 is 0 Å². The lowest BCUT2D eigenvalue weighted by molar-refractivity contribution is 0.532. The molecule has 2 rings (SSSR count). The summed E-state index contributed by atoms with van der Waals surface area (Å²) in [6.45, 7) is 6.46. The molecule has 30 heavy (non-hydrogen) atoms. The van der Waals surface area contributed by atoms with Crippen LogP contribution in [0.1, 0.15) is 90.4 Å². The fourth-order valence-electron chi connectivity index (χ4n) is 4.26. The largest absolute Gasteiger partial charge is 0.335 e. The van der Waals surface area contributed by atoms with Crippen molar-refractivity contribution in [2.75, 3.05) is 4.90 Å². The second-order valence-corrected chi connectivity index (χ2v) is 8.52. The van der Waals surface area contributed by atoms with Crippen LogP contribution in [-0.4, -0.2) is 6.04 Å². The quantitative estimate of drug-likeness (QED) is 0.187. The van der Waals surface area contributed by atoms with E-state index in [1.165, 1.54) is 88.4 Å². The van der Waals surface area contributed by atoms with E-state index < -0.39 is 0 Å². The summed E-state index contributed by atoms with van der Waals surface area (Å²) in [6, 6.07) is 21.8. The third kappa shape index (κ3) is 9.20. The van der Waals surface area contributed by atoms with Gasteiger partial charge in [-0.3, -0.25) is 0 Å². The van der Waals surface area contributed by atoms with Gasteiger partial charge in [-0.1, -0.05) is 126 Å². The predicted octanol–water partition coefficient (Wildman–Crippen LogP) is 9.47. The van der Waals surface area contributed by atoms with E-state index in [4.69, 9.17) is 0 Å². The van der Waals surface area contributed by atoms with Crippen molar-refractivity contribution in [2.45, 2.75) is 96.4 Å². The van der Waals surface area contributed by atoms with Crippen LogP contribution in [0.25, 0.3) is 0 Å². The van der Waals surface area contributed by atoms with Gasteiger partial charge in [0.1, 0.15) is 0 Å². The van der Waals surface area contributed by atoms with E-state index in [0.717, 1.165) is 6.42 Å². The maximum absolute atomic E-state index is 4.17. The van der Waals surface area contributed by atoms with Crippen molar-refractivity contribution >= 4 is 11.4 Å². The summed E-state index contributed by atoms with van der Waals surface area (Å²) >= 11 is 0. The highest BCUT2D eigenvalue weighted by Crippen LogP contribution is 2.30. The summed E-state index contributed by atoms with van der Waals surface area (Å²) in [6.07, 6.45) is 20.0. The number of unbranched alkanes of at least 4 members (excludes halogenated alkanes) is 11. The molecule has 0 aliphatic heterocycles. The molecule has 2 aromatic carbocycles. The molecule has 0 bridgehead atoms. The van der Waals surface area contributed by atoms with Crippen LogP contribution >= 0.6 is 0 Å². The summed E-state index contributed by atoms with van der Waals surface area (Å²) < 4.78 is 0. The predicted molar refractivity (Wildman–Crippen MR) is 135 cm³/mol. The molecule has 0 amide bonds. The van der Waals surface area contributed by atoms with E-state index in [9.17, 15) is 0 Å². The highest BCUT2D eigenvalue weighted by molar-refractivity contribution is 5.64. The summed E-state index contributed by atoms with van der Waals surface area (Å²) in [5.41, 5.74) is 2.49. The summed E-state index contributed by atoms with van der Waals surface area (Å²) in [5.74, 6) is 0. The molecule has 0 aliphatic rings. The number of hydrogen-bond acceptors (Lipinski definition) is 1. The van der Waals surface area contributed by atoms with Crippen molar-refractivity contribution in [3.63, 3.8) is 0 Å². The number of hydrogen-bond donors (Lipinski definition) is 0. The first-order chi connectivity index (χ1) is 14.9. The molecule has 0 saturated carbocycles. The van der Waals surface area contributed by atoms with Gasteiger partial charge in [-0.2, -0.15) is 0 Å². The number of anilines is 2. The zero-order valence-electron chi connectivity index (χ0n) is 19.3. The lowest BCUT2D eigenvalue weighted by Crippen LogP contribution is -2.29. The van der Waals surface area contributed by atoms with Gasteiger partial charge in [0.05, 0.1) is 6.04 Å². The van der Waals surface area contributed by atoms with E-state index in [1.807, 2.05) is 0 Å². The molecule has 1 atom stereocenters. The van der Waals surface area contributed by atoms with Crippen molar-refractivity contribution < 1.29 is 0 Å². The molecule has 0 aromatic heterocycles. The van der Waals surface area contributed by atoms with Crippen LogP contribution in [0.3, 0.4) is 0 Å². The molecule has 164 valence electrons. The molecule has 0 aliphatic carbocycles. The third-order valence-electron chi connectivity index (χ3n) is 6.03. The van der Waals surface area contributed by atoms with E-state index in [2.05, 4.69) is 85.1 Å². The van der Waals surface area contributed by atoms with E-state index >= 15 is 0 Å². The Morgan fingerprint density at radius 3 is 1.43 bits per heavy atom. The maximum atomic E-state index is 4.17. The highest BCUT2D eigenvalue weighted by atomic mass is 15.2. The van der Waals surface area contributed by atoms with Crippen molar-refractivity contribution in [3.05, 3.63) is 73.3 Å². The Bertz CT molecular complexity index is 609. The van der Waals surface area contributed by atoms with E-state index in [0.29, 0.717) is 6.04 Å². The topological polar surface area (TPSA) is 3.24 Å². The van der Waals surface area contributed by atoms with Gasteiger partial charge in [0.25, 0.3) is 0 Å². The summed E-state index contributed by atoms with van der Waals surface area (Å²) in [5, 5.41) is 0. The minimum atomic E-state index is 0.331. The first-order valence-corrected chi connectivity index (χ1v) is 12.4. The van der Waals surface area contributed by atoms with Gasteiger partial charge in [-0.15, -0.1) is 6.58 Å². The Morgan fingerprint density at radius 1 is 0.633 bits per heavy atom. The van der Waals surface area contributed by atoms with Crippen LogP contribution in [0.2, 0.25) is 0 Å². The SMILES string of the molecule is C=CC(CCCCCCCCCCCCCC)N(c1ccccc1)c1ccccc1. The first kappa shape index (κ1) is 24.3. The second kappa shape index (κ2) is 15.8. The van der Waals surface area contributed by atoms with Gasteiger partial charge in [0, 0.05) is 11.4 Å². The molecule has 0 fully saturated rings. The van der Waals surface area contributed by atoms with Crippen molar-refractivity contribution in [2.24, 2.45) is 0 Å². The van der Waals surface area contributed by atoms with Gasteiger partial charge in [0.15, 0.2) is 0 Å². The van der Waals surface area contributed by atoms with Gasteiger partial charge in [-0.05, 0) is 30.7 Å². The van der Waals surface area contributed by atoms with Crippen molar-refractivity contribution in [3.8, 4) is 0 Å². The Labute approximate surface area is 186 Å². The Kier molecular flexibility index (Phi) is 12.7. The molecule has 0 N–H and O–H groups in total. The second-order valence-electron chi connectivity index (χ2n) is 8.52. The van der Waals surface area contributed by atoms with E-state index in [-0.39, 0.29) is 0 Å². The summed E-state index contributed by atoms with van der Waals surface area (Å²) in [7, 11) is 0. The molecule has 2 aromatic rings. The van der Waals surface area contributed by atoms with Crippen LogP contribution in [0.15, 0.2) is 73.3 Å². The minimum absolute atomic E-state index is 0.331. The fraction of sp³-hybridized carbons (Fsp3) is 0.517. The van der Waals surface area contributed by atoms with Crippen LogP contribution in [0.5, 0.6) is 0 Å². The van der Waals surface area contributed by atoms with Gasteiger partial charge in [-0.25, -0.2) is 0 Å². The molecule has 1 unspecified atom stereocenters. The number of rotatable bonds is 17. The lowest BCUT2D eigenvalue weighted by atomic mass is 10.0. The lowest BCUT2D eigenvalue weighted by Gasteiger charge is -2.32. The first-order valence-electron chi connectivity index (χ1n) is 12.4. The molecular weight excluding hydrogens is 362 g/mol. The average Bonchev–Trinajstić information content (AvgIpc) is 2.80. The van der Waals surface area contributed by atoms with E-state index in [1.54, 1.807) is 0 Å². The Balaban J connectivity index is 1.70. The molecule has 1 nitrogen and oxygen atoms in total. The average molecular weight is 406 g/mol. The van der Waals surface area contributed by atoms with Gasteiger partial charge < -0.3 is 4.90 Å². The van der Waals surface area contributed by atoms with Crippen LogP contribution < -0.4 is 4.90 Å². The normalized spacial score (nSPS) is 11.9. The monoisotopic (exact) mass is 405 g/mol. The van der Waals surface area contributed by atoms with Crippen LogP contribution in [-0.2, 0) is 0 Å². The van der Waals surface area contributed by atoms with Crippen molar-refractivity contribution in [1.82, 2.24) is 0 Å². The number of benzene rings is 2. The third-order valence-corrected chi connectivity index (χ3v) is 6.03. The van der Waals surface area contributed by atoms with Crippen molar-refractivity contribution in [1.29, 1.82) is 0 Å². The Morgan fingerprint density at radius 2 is 1.03 bits per heavy atom. The summed E-state index contributed by atoms with van der Waals surface area (Å²) in [4.78, 5) is 2.44. The smallest absolute Gasteiger partial charge is 0.0519 e. The zero-order valence-corrected chi connectivity index (χ0v) is 19.3. The highest BCUT2D eigenvalue weighted by Gasteiger charge is 2.17. The minimum Gasteiger partial charge on any atom is -0.335 e. The van der Waals surface area contributed by atoms with Crippen LogP contribution in [0, 0.1) is 0 Å². The Hall–Kier alpha value is -2.02. The number of nitrogens with zero attached hydrogens (tertiary/aromatic N) is 1. The standard InChI is InChI=1S/C29H43N/c1-3-5-6-7-8-9-10-11-12-13-14-17-22-27(4-2)30(28-23-18-15-19-24-28)29-25-20-16-21-26-29/h4,15-16,18-21,23-27H,2-3,5-14,17,22H2,1H3. The van der Waals surface area contributed by atoms with Crippen LogP contribution in [0.4, 0.5) is 11.4 Å². The molecule has 0 spiro atoms. The maximum Gasteiger partial charge on any atom is 0.0519 e. The molecule has 1 heteroatoms. The fourth-order valence-corrected chi connectivity index (χ4v) is 4.26. The molecule has 0 saturated heterocycles. The molecule has 0 heterocycles.